The number of ether oxygens (including phenoxy) is 2. The average Bonchev–Trinajstić information content (AvgIpc) is 3.43. The lowest BCUT2D eigenvalue weighted by atomic mass is 10.1. The average molecular weight is 468 g/mol. The smallest absolute Gasteiger partial charge is 0.227 e. The van der Waals surface area contributed by atoms with Gasteiger partial charge in [-0.05, 0) is 56.2 Å². The van der Waals surface area contributed by atoms with Crippen molar-refractivity contribution in [2.24, 2.45) is 5.92 Å². The Balaban J connectivity index is 1.73. The molecule has 0 N–H and O–H groups in total. The number of amides is 1. The van der Waals surface area contributed by atoms with Gasteiger partial charge in [0.25, 0.3) is 0 Å². The molecule has 4 rings (SSSR count). The van der Waals surface area contributed by atoms with Crippen LogP contribution in [0.4, 0.5) is 0 Å². The number of hydrogen-bond donors (Lipinski definition) is 0. The number of carbonyl (C=O) groups is 1. The van der Waals surface area contributed by atoms with E-state index < -0.39 is 0 Å². The van der Waals surface area contributed by atoms with E-state index in [1.165, 1.54) is 0 Å². The van der Waals surface area contributed by atoms with Crippen LogP contribution < -0.4 is 4.74 Å². The summed E-state index contributed by atoms with van der Waals surface area (Å²) in [6.45, 7) is 7.52. The Morgan fingerprint density at radius 3 is 2.58 bits per heavy atom. The molecule has 1 aliphatic heterocycles. The second-order valence-corrected chi connectivity index (χ2v) is 9.12. The zero-order chi connectivity index (χ0) is 23.4. The van der Waals surface area contributed by atoms with Crippen LogP contribution in [0.5, 0.6) is 11.6 Å². The van der Waals surface area contributed by atoms with Crippen LogP contribution in [-0.2, 0) is 16.1 Å². The van der Waals surface area contributed by atoms with E-state index >= 15 is 0 Å². The zero-order valence-corrected chi connectivity index (χ0v) is 20.1. The number of carbonyl (C=O) groups excluding carboxylic acids is 1. The van der Waals surface area contributed by atoms with E-state index in [-0.39, 0.29) is 17.9 Å². The molecule has 0 saturated carbocycles. The highest BCUT2D eigenvalue weighted by Crippen LogP contribution is 2.32. The molecule has 1 saturated heterocycles. The summed E-state index contributed by atoms with van der Waals surface area (Å²) in [5.74, 6) is 1.27. The topological polar surface area (TPSA) is 56.6 Å². The number of aryl methyl sites for hydroxylation is 1. The minimum Gasteiger partial charge on any atom is -0.439 e. The van der Waals surface area contributed by atoms with Crippen LogP contribution in [-0.4, -0.2) is 39.8 Å². The third kappa shape index (κ3) is 5.57. The summed E-state index contributed by atoms with van der Waals surface area (Å²) >= 11 is 6.10. The molecule has 1 fully saturated rings. The molecule has 1 aromatic heterocycles. The van der Waals surface area contributed by atoms with Crippen LogP contribution >= 0.6 is 11.6 Å². The van der Waals surface area contributed by atoms with Crippen molar-refractivity contribution in [2.45, 2.75) is 46.3 Å². The van der Waals surface area contributed by atoms with Gasteiger partial charge in [0.05, 0.1) is 29.6 Å². The van der Waals surface area contributed by atoms with Gasteiger partial charge in [-0.25, -0.2) is 4.68 Å². The van der Waals surface area contributed by atoms with Crippen molar-refractivity contribution in [3.05, 3.63) is 70.9 Å². The van der Waals surface area contributed by atoms with Gasteiger partial charge in [0.2, 0.25) is 11.8 Å². The molecule has 0 spiro atoms. The van der Waals surface area contributed by atoms with Crippen molar-refractivity contribution >= 4 is 17.5 Å². The van der Waals surface area contributed by atoms with Gasteiger partial charge in [0.15, 0.2) is 0 Å². The highest BCUT2D eigenvalue weighted by atomic mass is 35.5. The fourth-order valence-electron chi connectivity index (χ4n) is 4.01. The number of rotatable bonds is 8. The SMILES string of the molecule is Cc1nn(-c2ccc(Cl)cc2)c(Oc2ccccc2)c1CN(C[C@H]1CCCO1)C(=O)C(C)C. The first-order chi connectivity index (χ1) is 15.9. The van der Waals surface area contributed by atoms with Crippen LogP contribution in [0, 0.1) is 12.8 Å². The van der Waals surface area contributed by atoms with Crippen molar-refractivity contribution in [1.82, 2.24) is 14.7 Å². The molecule has 1 aliphatic rings. The van der Waals surface area contributed by atoms with Crippen molar-refractivity contribution < 1.29 is 14.3 Å². The Kier molecular flexibility index (Phi) is 7.36. The number of benzene rings is 2. The second kappa shape index (κ2) is 10.4. The van der Waals surface area contributed by atoms with E-state index in [0.29, 0.717) is 29.7 Å². The van der Waals surface area contributed by atoms with E-state index in [2.05, 4.69) is 0 Å². The van der Waals surface area contributed by atoms with Gasteiger partial charge in [0, 0.05) is 24.1 Å². The third-order valence-electron chi connectivity index (χ3n) is 5.77. The number of halogens is 1. The predicted octanol–water partition coefficient (Wildman–Crippen LogP) is 5.79. The standard InChI is InChI=1S/C26H30ClN3O3/c1-18(2)25(31)29(16-23-10-7-15-32-23)17-24-19(3)28-30(21-13-11-20(27)12-14-21)26(24)33-22-8-5-4-6-9-22/h4-6,8-9,11-14,18,23H,7,10,15-17H2,1-3H3/t23-/m1/s1. The lowest BCUT2D eigenvalue weighted by Gasteiger charge is -2.27. The van der Waals surface area contributed by atoms with Crippen LogP contribution in [0.15, 0.2) is 54.6 Å². The molecule has 174 valence electrons. The quantitative estimate of drug-likeness (QED) is 0.420. The maximum atomic E-state index is 13.1. The van der Waals surface area contributed by atoms with Crippen LogP contribution in [0.2, 0.25) is 5.02 Å². The van der Waals surface area contributed by atoms with Gasteiger partial charge >= 0.3 is 0 Å². The Bertz CT molecular complexity index is 1070. The Labute approximate surface area is 200 Å². The van der Waals surface area contributed by atoms with Crippen LogP contribution in [0.3, 0.4) is 0 Å². The maximum Gasteiger partial charge on any atom is 0.227 e. The van der Waals surface area contributed by atoms with Gasteiger partial charge in [-0.3, -0.25) is 4.79 Å². The van der Waals surface area contributed by atoms with E-state index in [4.69, 9.17) is 26.2 Å². The van der Waals surface area contributed by atoms with Crippen molar-refractivity contribution in [3.8, 4) is 17.3 Å². The van der Waals surface area contributed by atoms with Gasteiger partial charge in [-0.2, -0.15) is 5.10 Å². The molecule has 0 unspecified atom stereocenters. The first-order valence-electron chi connectivity index (χ1n) is 11.4. The Morgan fingerprint density at radius 1 is 1.21 bits per heavy atom. The van der Waals surface area contributed by atoms with Gasteiger partial charge < -0.3 is 14.4 Å². The normalized spacial score (nSPS) is 15.7. The first kappa shape index (κ1) is 23.3. The molecule has 0 radical (unpaired) electrons. The van der Waals surface area contributed by atoms with E-state index in [1.54, 1.807) is 4.68 Å². The molecule has 0 bridgehead atoms. The monoisotopic (exact) mass is 467 g/mol. The molecule has 2 aromatic carbocycles. The molecule has 33 heavy (non-hydrogen) atoms. The number of aromatic nitrogens is 2. The van der Waals surface area contributed by atoms with Crippen molar-refractivity contribution in [2.75, 3.05) is 13.2 Å². The number of nitrogens with zero attached hydrogens (tertiary/aromatic N) is 3. The van der Waals surface area contributed by atoms with Gasteiger partial charge in [-0.15, -0.1) is 0 Å². The summed E-state index contributed by atoms with van der Waals surface area (Å²) < 4.78 is 14.0. The largest absolute Gasteiger partial charge is 0.439 e. The van der Waals surface area contributed by atoms with Crippen LogP contribution in [0.1, 0.15) is 37.9 Å². The van der Waals surface area contributed by atoms with Gasteiger partial charge in [0.1, 0.15) is 5.75 Å². The van der Waals surface area contributed by atoms with E-state index in [0.717, 1.165) is 36.4 Å². The molecule has 3 aromatic rings. The van der Waals surface area contributed by atoms with Crippen LogP contribution in [0.25, 0.3) is 5.69 Å². The summed E-state index contributed by atoms with van der Waals surface area (Å²) in [6.07, 6.45) is 2.07. The predicted molar refractivity (Wildman–Crippen MR) is 129 cm³/mol. The maximum absolute atomic E-state index is 13.1. The van der Waals surface area contributed by atoms with Crippen molar-refractivity contribution in [1.29, 1.82) is 0 Å². The fourth-order valence-corrected chi connectivity index (χ4v) is 4.13. The second-order valence-electron chi connectivity index (χ2n) is 8.68. The summed E-state index contributed by atoms with van der Waals surface area (Å²) in [6, 6.07) is 17.1. The van der Waals surface area contributed by atoms with Gasteiger partial charge in [-0.1, -0.05) is 43.6 Å². The Hall–Kier alpha value is -2.83. The highest BCUT2D eigenvalue weighted by Gasteiger charge is 2.28. The van der Waals surface area contributed by atoms with E-state index in [9.17, 15) is 4.79 Å². The minimum atomic E-state index is -0.114. The molecular weight excluding hydrogens is 438 g/mol. The molecular formula is C26H30ClN3O3. The molecule has 1 amide bonds. The summed E-state index contributed by atoms with van der Waals surface area (Å²) in [5.41, 5.74) is 2.52. The summed E-state index contributed by atoms with van der Waals surface area (Å²) in [5, 5.41) is 5.43. The van der Waals surface area contributed by atoms with E-state index in [1.807, 2.05) is 80.3 Å². The minimum absolute atomic E-state index is 0.0674. The molecule has 0 aliphatic carbocycles. The summed E-state index contributed by atoms with van der Waals surface area (Å²) in [7, 11) is 0. The molecule has 1 atom stereocenters. The first-order valence-corrected chi connectivity index (χ1v) is 11.8. The lowest BCUT2D eigenvalue weighted by Crippen LogP contribution is -2.39. The lowest BCUT2D eigenvalue weighted by molar-refractivity contribution is -0.136. The highest BCUT2D eigenvalue weighted by molar-refractivity contribution is 6.30. The molecule has 2 heterocycles. The fraction of sp³-hybridized carbons (Fsp3) is 0.385. The van der Waals surface area contributed by atoms with Crippen molar-refractivity contribution in [3.63, 3.8) is 0 Å². The number of para-hydroxylation sites is 1. The molecule has 6 nitrogen and oxygen atoms in total. The molecule has 7 heteroatoms. The Morgan fingerprint density at radius 2 is 1.94 bits per heavy atom. The third-order valence-corrected chi connectivity index (χ3v) is 6.02. The zero-order valence-electron chi connectivity index (χ0n) is 19.3. The number of hydrogen-bond acceptors (Lipinski definition) is 4. The summed E-state index contributed by atoms with van der Waals surface area (Å²) in [4.78, 5) is 15.0.